The first-order valence-corrected chi connectivity index (χ1v) is 4.33. The van der Waals surface area contributed by atoms with Gasteiger partial charge in [-0.2, -0.15) is 0 Å². The van der Waals surface area contributed by atoms with Crippen LogP contribution in [0.25, 0.3) is 0 Å². The molecule has 2 rings (SSSR count). The lowest BCUT2D eigenvalue weighted by Gasteiger charge is -2.02. The molecule has 0 amide bonds. The molecule has 0 saturated carbocycles. The van der Waals surface area contributed by atoms with Gasteiger partial charge in [-0.05, 0) is 19.1 Å². The minimum absolute atomic E-state index is 0.133. The number of nitrogens with zero attached hydrogens (tertiary/aromatic N) is 1. The minimum atomic E-state index is -0.133. The number of ether oxygens (including phenoxy) is 1. The van der Waals surface area contributed by atoms with Gasteiger partial charge in [0.15, 0.2) is 0 Å². The van der Waals surface area contributed by atoms with Crippen molar-refractivity contribution < 1.29 is 14.7 Å². The van der Waals surface area contributed by atoms with Crippen LogP contribution in [0.15, 0.2) is 23.4 Å². The van der Waals surface area contributed by atoms with Gasteiger partial charge in [-0.1, -0.05) is 5.16 Å². The maximum absolute atomic E-state index is 9.25. The van der Waals surface area contributed by atoms with Crippen LogP contribution in [0.5, 0.6) is 11.5 Å². The Balaban J connectivity index is 2.48. The van der Waals surface area contributed by atoms with E-state index in [1.54, 1.807) is 18.2 Å². The Morgan fingerprint density at radius 1 is 1.50 bits per heavy atom. The molecule has 1 atom stereocenters. The van der Waals surface area contributed by atoms with Gasteiger partial charge in [0.2, 0.25) is 0 Å². The maximum Gasteiger partial charge on any atom is 0.142 e. The van der Waals surface area contributed by atoms with Crippen molar-refractivity contribution in [1.82, 2.24) is 0 Å². The molecule has 0 spiro atoms. The van der Waals surface area contributed by atoms with E-state index in [1.807, 2.05) is 6.92 Å². The third-order valence-electron chi connectivity index (χ3n) is 2.12. The fourth-order valence-electron chi connectivity index (χ4n) is 1.51. The van der Waals surface area contributed by atoms with Crippen LogP contribution in [0.4, 0.5) is 0 Å². The van der Waals surface area contributed by atoms with Crippen LogP contribution < -0.4 is 4.74 Å². The van der Waals surface area contributed by atoms with E-state index in [2.05, 4.69) is 5.16 Å². The lowest BCUT2D eigenvalue weighted by molar-refractivity contribution is 0.207. The summed E-state index contributed by atoms with van der Waals surface area (Å²) in [4.78, 5) is 4.73. The molecule has 74 valence electrons. The van der Waals surface area contributed by atoms with Crippen molar-refractivity contribution in [2.75, 3.05) is 7.11 Å². The molecule has 4 nitrogen and oxygen atoms in total. The highest BCUT2D eigenvalue weighted by Crippen LogP contribution is 2.32. The first kappa shape index (κ1) is 8.87. The molecule has 0 saturated heterocycles. The molecule has 1 aromatic carbocycles. The van der Waals surface area contributed by atoms with Gasteiger partial charge in [0.1, 0.15) is 30.4 Å². The average molecular weight is 193 g/mol. The largest absolute Gasteiger partial charge is 0.508 e. The Morgan fingerprint density at radius 2 is 2.29 bits per heavy atom. The summed E-state index contributed by atoms with van der Waals surface area (Å²) in [6, 6.07) is 4.95. The van der Waals surface area contributed by atoms with Crippen molar-refractivity contribution in [2.24, 2.45) is 5.16 Å². The summed E-state index contributed by atoms with van der Waals surface area (Å²) in [6.07, 6.45) is -0.133. The van der Waals surface area contributed by atoms with E-state index in [-0.39, 0.29) is 11.9 Å². The summed E-state index contributed by atoms with van der Waals surface area (Å²) in [5.74, 6) is 0.836. The number of hydrogen-bond donors (Lipinski definition) is 1. The lowest BCUT2D eigenvalue weighted by atomic mass is 10.1. The van der Waals surface area contributed by atoms with Gasteiger partial charge in [-0.15, -0.1) is 0 Å². The Morgan fingerprint density at radius 3 is 3.00 bits per heavy atom. The molecule has 0 aliphatic carbocycles. The molecule has 1 aromatic rings. The van der Waals surface area contributed by atoms with Crippen LogP contribution in [-0.4, -0.2) is 24.0 Å². The average Bonchev–Trinajstić information content (AvgIpc) is 2.43. The van der Waals surface area contributed by atoms with Crippen LogP contribution in [-0.2, 0) is 4.84 Å². The molecule has 1 heterocycles. The predicted octanol–water partition coefficient (Wildman–Crippen LogP) is 1.52. The van der Waals surface area contributed by atoms with Crippen LogP contribution >= 0.6 is 0 Å². The Kier molecular flexibility index (Phi) is 2.04. The van der Waals surface area contributed by atoms with Gasteiger partial charge in [0.25, 0.3) is 0 Å². The van der Waals surface area contributed by atoms with Gasteiger partial charge < -0.3 is 14.7 Å². The van der Waals surface area contributed by atoms with Gasteiger partial charge in [-0.3, -0.25) is 0 Å². The number of phenolic OH excluding ortho intramolecular Hbond substituents is 1. The van der Waals surface area contributed by atoms with Gasteiger partial charge in [0, 0.05) is 11.6 Å². The number of aromatic hydroxyl groups is 1. The summed E-state index contributed by atoms with van der Waals surface area (Å²) >= 11 is 0. The third kappa shape index (κ3) is 1.28. The highest BCUT2D eigenvalue weighted by molar-refractivity contribution is 6.08. The smallest absolute Gasteiger partial charge is 0.142 e. The molecule has 1 aliphatic heterocycles. The van der Waals surface area contributed by atoms with E-state index in [0.29, 0.717) is 5.75 Å². The fraction of sp³-hybridized carbons (Fsp3) is 0.300. The topological polar surface area (TPSA) is 51.0 Å². The number of oxime groups is 1. The van der Waals surface area contributed by atoms with E-state index in [9.17, 15) is 5.11 Å². The normalized spacial score (nSPS) is 21.9. The van der Waals surface area contributed by atoms with Crippen molar-refractivity contribution in [3.8, 4) is 11.5 Å². The van der Waals surface area contributed by atoms with Crippen molar-refractivity contribution in [2.45, 2.75) is 13.0 Å². The van der Waals surface area contributed by atoms with Crippen LogP contribution in [0.1, 0.15) is 12.5 Å². The van der Waals surface area contributed by atoms with E-state index < -0.39 is 0 Å². The highest BCUT2D eigenvalue weighted by atomic mass is 16.6. The zero-order chi connectivity index (χ0) is 10.1. The molecule has 1 aliphatic rings. The molecule has 4 heteroatoms. The number of phenols is 1. The van der Waals surface area contributed by atoms with Crippen LogP contribution in [0.2, 0.25) is 0 Å². The summed E-state index contributed by atoms with van der Waals surface area (Å²) in [5, 5.41) is 13.1. The highest BCUT2D eigenvalue weighted by Gasteiger charge is 2.27. The second kappa shape index (κ2) is 3.21. The monoisotopic (exact) mass is 193 g/mol. The summed E-state index contributed by atoms with van der Waals surface area (Å²) in [5.41, 5.74) is 1.62. The second-order valence-electron chi connectivity index (χ2n) is 3.10. The molecule has 0 aromatic heterocycles. The number of fused-ring (bicyclic) bond motifs is 1. The molecular weight excluding hydrogens is 182 g/mol. The fourth-order valence-corrected chi connectivity index (χ4v) is 1.51. The standard InChI is InChI=1S/C10H11NO3/c1-6-10(11-13-2)8-4-3-7(12)5-9(8)14-6/h3-6,12H,1-2H3. The Bertz CT molecular complexity index is 387. The van der Waals surface area contributed by atoms with E-state index in [0.717, 1.165) is 11.3 Å². The first-order valence-electron chi connectivity index (χ1n) is 4.33. The SMILES string of the molecule is CON=C1c2ccc(O)cc2OC1C. The Hall–Kier alpha value is -1.71. The van der Waals surface area contributed by atoms with Gasteiger partial charge in [0.05, 0.1) is 0 Å². The third-order valence-corrected chi connectivity index (χ3v) is 2.12. The molecule has 0 fully saturated rings. The summed E-state index contributed by atoms with van der Waals surface area (Å²) in [6.45, 7) is 1.88. The quantitative estimate of drug-likeness (QED) is 0.688. The lowest BCUT2D eigenvalue weighted by Crippen LogP contribution is -2.16. The molecular formula is C10H11NO3. The van der Waals surface area contributed by atoms with E-state index >= 15 is 0 Å². The van der Waals surface area contributed by atoms with E-state index in [1.165, 1.54) is 7.11 Å². The van der Waals surface area contributed by atoms with Crippen LogP contribution in [0.3, 0.4) is 0 Å². The molecule has 1 unspecified atom stereocenters. The number of rotatable bonds is 1. The second-order valence-corrected chi connectivity index (χ2v) is 3.10. The minimum Gasteiger partial charge on any atom is -0.508 e. The van der Waals surface area contributed by atoms with Crippen molar-refractivity contribution in [3.63, 3.8) is 0 Å². The first-order chi connectivity index (χ1) is 6.72. The van der Waals surface area contributed by atoms with Crippen molar-refractivity contribution in [1.29, 1.82) is 0 Å². The van der Waals surface area contributed by atoms with Crippen molar-refractivity contribution >= 4 is 5.71 Å². The summed E-state index contributed by atoms with van der Waals surface area (Å²) in [7, 11) is 1.50. The van der Waals surface area contributed by atoms with Crippen molar-refractivity contribution in [3.05, 3.63) is 23.8 Å². The summed E-state index contributed by atoms with van der Waals surface area (Å²) < 4.78 is 5.48. The number of hydrogen-bond acceptors (Lipinski definition) is 4. The zero-order valence-corrected chi connectivity index (χ0v) is 8.02. The van der Waals surface area contributed by atoms with Crippen LogP contribution in [0, 0.1) is 0 Å². The predicted molar refractivity (Wildman–Crippen MR) is 51.7 cm³/mol. The van der Waals surface area contributed by atoms with Gasteiger partial charge >= 0.3 is 0 Å². The molecule has 0 radical (unpaired) electrons. The maximum atomic E-state index is 9.25. The van der Waals surface area contributed by atoms with E-state index in [4.69, 9.17) is 9.57 Å². The molecule has 1 N–H and O–H groups in total. The van der Waals surface area contributed by atoms with Gasteiger partial charge in [-0.25, -0.2) is 0 Å². The zero-order valence-electron chi connectivity index (χ0n) is 8.02. The molecule has 0 bridgehead atoms. The molecule has 14 heavy (non-hydrogen) atoms. The number of benzene rings is 1. The Labute approximate surface area is 81.8 Å².